The summed E-state index contributed by atoms with van der Waals surface area (Å²) in [5.41, 5.74) is 7.83. The number of rotatable bonds is 5. The Balaban J connectivity index is 2.12. The third-order valence-electron chi connectivity index (χ3n) is 3.46. The molecule has 0 unspecified atom stereocenters. The van der Waals surface area contributed by atoms with Gasteiger partial charge in [-0.15, -0.1) is 0 Å². The number of nitrogens with zero attached hydrogens (tertiary/aromatic N) is 2. The first kappa shape index (κ1) is 17.6. The highest BCUT2D eigenvalue weighted by Gasteiger charge is 2.18. The number of hydrogen-bond donors (Lipinski definition) is 1. The van der Waals surface area contributed by atoms with Crippen LogP contribution in [-0.2, 0) is 17.8 Å². The number of aromatic nitrogens is 1. The summed E-state index contributed by atoms with van der Waals surface area (Å²) < 4.78 is 0. The molecule has 1 aromatic heterocycles. The highest BCUT2D eigenvalue weighted by molar-refractivity contribution is 6.42. The van der Waals surface area contributed by atoms with Gasteiger partial charge in [0.25, 0.3) is 0 Å². The first-order valence-electron chi connectivity index (χ1n) is 7.30. The fourth-order valence-electron chi connectivity index (χ4n) is 2.19. The van der Waals surface area contributed by atoms with Crippen LogP contribution in [0.2, 0.25) is 10.0 Å². The molecule has 23 heavy (non-hydrogen) atoms. The van der Waals surface area contributed by atoms with Crippen molar-refractivity contribution in [3.63, 3.8) is 0 Å². The number of benzene rings is 1. The summed E-state index contributed by atoms with van der Waals surface area (Å²) in [6.07, 6.45) is 1.79. The van der Waals surface area contributed by atoms with Crippen LogP contribution in [0.15, 0.2) is 36.5 Å². The van der Waals surface area contributed by atoms with Crippen LogP contribution >= 0.6 is 23.2 Å². The normalized spacial score (nSPS) is 10.8. The van der Waals surface area contributed by atoms with Crippen molar-refractivity contribution in [1.29, 1.82) is 0 Å². The van der Waals surface area contributed by atoms with Crippen LogP contribution in [0, 0.1) is 0 Å². The molecule has 0 spiro atoms. The Morgan fingerprint density at radius 1 is 1.22 bits per heavy atom. The first-order valence-corrected chi connectivity index (χ1v) is 8.06. The third-order valence-corrected chi connectivity index (χ3v) is 4.20. The number of hydrogen-bond acceptors (Lipinski definition) is 3. The minimum absolute atomic E-state index is 0.00310. The molecule has 0 bridgehead atoms. The largest absolute Gasteiger partial charge is 0.397 e. The van der Waals surface area contributed by atoms with Crippen molar-refractivity contribution in [3.05, 3.63) is 57.8 Å². The molecule has 6 heteroatoms. The van der Waals surface area contributed by atoms with Crippen molar-refractivity contribution >= 4 is 34.8 Å². The SMILES string of the molecule is CC(C)N(Cc1ccc(Cl)c(Cl)c1)C(=O)Cc1ccc(N)cn1. The van der Waals surface area contributed by atoms with Crippen LogP contribution in [0.4, 0.5) is 5.69 Å². The zero-order valence-corrected chi connectivity index (χ0v) is 14.6. The maximum atomic E-state index is 12.6. The van der Waals surface area contributed by atoms with Gasteiger partial charge in [-0.1, -0.05) is 29.3 Å². The predicted octanol–water partition coefficient (Wildman–Crippen LogP) is 3.95. The van der Waals surface area contributed by atoms with Crippen LogP contribution < -0.4 is 5.73 Å². The second-order valence-electron chi connectivity index (χ2n) is 5.62. The van der Waals surface area contributed by atoms with Crippen molar-refractivity contribution in [2.45, 2.75) is 32.9 Å². The topological polar surface area (TPSA) is 59.2 Å². The number of nitrogens with two attached hydrogens (primary N) is 1. The highest BCUT2D eigenvalue weighted by atomic mass is 35.5. The highest BCUT2D eigenvalue weighted by Crippen LogP contribution is 2.23. The van der Waals surface area contributed by atoms with Crippen molar-refractivity contribution in [1.82, 2.24) is 9.88 Å². The minimum atomic E-state index is 0.00310. The molecule has 2 rings (SSSR count). The summed E-state index contributed by atoms with van der Waals surface area (Å²) in [7, 11) is 0. The lowest BCUT2D eigenvalue weighted by Gasteiger charge is -2.27. The Morgan fingerprint density at radius 2 is 1.96 bits per heavy atom. The van der Waals surface area contributed by atoms with Crippen LogP contribution in [-0.4, -0.2) is 21.8 Å². The van der Waals surface area contributed by atoms with Gasteiger partial charge in [0.1, 0.15) is 0 Å². The zero-order chi connectivity index (χ0) is 17.0. The average molecular weight is 352 g/mol. The molecule has 0 aliphatic rings. The lowest BCUT2D eigenvalue weighted by Crippen LogP contribution is -2.37. The number of anilines is 1. The van der Waals surface area contributed by atoms with Gasteiger partial charge in [-0.2, -0.15) is 0 Å². The Kier molecular flexibility index (Phi) is 5.85. The van der Waals surface area contributed by atoms with E-state index in [1.807, 2.05) is 19.9 Å². The third kappa shape index (κ3) is 4.85. The van der Waals surface area contributed by atoms with E-state index in [-0.39, 0.29) is 18.4 Å². The number of nitrogen functional groups attached to an aromatic ring is 1. The van der Waals surface area contributed by atoms with Crippen LogP contribution in [0.25, 0.3) is 0 Å². The van der Waals surface area contributed by atoms with Crippen LogP contribution in [0.3, 0.4) is 0 Å². The lowest BCUT2D eigenvalue weighted by atomic mass is 10.1. The van der Waals surface area contributed by atoms with E-state index >= 15 is 0 Å². The number of amides is 1. The minimum Gasteiger partial charge on any atom is -0.397 e. The van der Waals surface area contributed by atoms with E-state index in [0.29, 0.717) is 28.0 Å². The molecule has 2 N–H and O–H groups in total. The Bertz CT molecular complexity index is 687. The van der Waals surface area contributed by atoms with Crippen molar-refractivity contribution in [2.24, 2.45) is 0 Å². The molecule has 1 aromatic carbocycles. The number of halogens is 2. The molecule has 0 saturated heterocycles. The van der Waals surface area contributed by atoms with Gasteiger partial charge >= 0.3 is 0 Å². The second-order valence-corrected chi connectivity index (χ2v) is 6.44. The average Bonchev–Trinajstić information content (AvgIpc) is 2.50. The van der Waals surface area contributed by atoms with Crippen molar-refractivity contribution < 1.29 is 4.79 Å². The molecule has 0 saturated carbocycles. The van der Waals surface area contributed by atoms with E-state index in [2.05, 4.69) is 4.98 Å². The molecule has 0 atom stereocenters. The molecule has 0 radical (unpaired) electrons. The zero-order valence-electron chi connectivity index (χ0n) is 13.1. The van der Waals surface area contributed by atoms with E-state index in [4.69, 9.17) is 28.9 Å². The number of pyridine rings is 1. The maximum absolute atomic E-state index is 12.6. The van der Waals surface area contributed by atoms with Gasteiger partial charge in [-0.05, 0) is 43.7 Å². The van der Waals surface area contributed by atoms with E-state index in [9.17, 15) is 4.79 Å². The molecule has 0 aliphatic carbocycles. The summed E-state index contributed by atoms with van der Waals surface area (Å²) >= 11 is 12.0. The summed E-state index contributed by atoms with van der Waals surface area (Å²) in [5, 5.41) is 0.990. The smallest absolute Gasteiger partial charge is 0.229 e. The lowest BCUT2D eigenvalue weighted by molar-refractivity contribution is -0.132. The summed E-state index contributed by atoms with van der Waals surface area (Å²) in [6, 6.07) is 8.97. The van der Waals surface area contributed by atoms with Crippen LogP contribution in [0.1, 0.15) is 25.1 Å². The molecule has 122 valence electrons. The van der Waals surface area contributed by atoms with Gasteiger partial charge in [-0.3, -0.25) is 9.78 Å². The molecule has 0 fully saturated rings. The summed E-state index contributed by atoms with van der Waals surface area (Å²) in [6.45, 7) is 4.43. The van der Waals surface area contributed by atoms with Gasteiger partial charge in [0.15, 0.2) is 0 Å². The standard InChI is InChI=1S/C17H19Cl2N3O/c1-11(2)22(10-12-3-6-15(18)16(19)7-12)17(23)8-14-5-4-13(20)9-21-14/h3-7,9,11H,8,10,20H2,1-2H3. The molecular formula is C17H19Cl2N3O. The second kappa shape index (κ2) is 7.66. The number of carbonyl (C=O) groups excluding carboxylic acids is 1. The fourth-order valence-corrected chi connectivity index (χ4v) is 2.51. The van der Waals surface area contributed by atoms with Crippen molar-refractivity contribution in [3.8, 4) is 0 Å². The number of carbonyl (C=O) groups is 1. The first-order chi connectivity index (χ1) is 10.9. The van der Waals surface area contributed by atoms with Gasteiger partial charge in [0, 0.05) is 18.3 Å². The molecule has 1 heterocycles. The maximum Gasteiger partial charge on any atom is 0.229 e. The van der Waals surface area contributed by atoms with E-state index in [1.54, 1.807) is 35.4 Å². The Hall–Kier alpha value is -1.78. The van der Waals surface area contributed by atoms with Gasteiger partial charge in [0.2, 0.25) is 5.91 Å². The van der Waals surface area contributed by atoms with Gasteiger partial charge in [0.05, 0.1) is 28.4 Å². The van der Waals surface area contributed by atoms with Gasteiger partial charge in [-0.25, -0.2) is 0 Å². The van der Waals surface area contributed by atoms with E-state index < -0.39 is 0 Å². The predicted molar refractivity (Wildman–Crippen MR) is 94.5 cm³/mol. The fraction of sp³-hybridized carbons (Fsp3) is 0.294. The molecule has 4 nitrogen and oxygen atoms in total. The van der Waals surface area contributed by atoms with Gasteiger partial charge < -0.3 is 10.6 Å². The van der Waals surface area contributed by atoms with Crippen molar-refractivity contribution in [2.75, 3.05) is 5.73 Å². The molecular weight excluding hydrogens is 333 g/mol. The van der Waals surface area contributed by atoms with Crippen LogP contribution in [0.5, 0.6) is 0 Å². The molecule has 1 amide bonds. The van der Waals surface area contributed by atoms with E-state index in [1.165, 1.54) is 0 Å². The monoisotopic (exact) mass is 351 g/mol. The Morgan fingerprint density at radius 3 is 2.52 bits per heavy atom. The quantitative estimate of drug-likeness (QED) is 0.886. The van der Waals surface area contributed by atoms with E-state index in [0.717, 1.165) is 5.56 Å². The molecule has 2 aromatic rings. The Labute approximate surface area is 146 Å². The summed E-state index contributed by atoms with van der Waals surface area (Å²) in [5.74, 6) is 0.00310. The summed E-state index contributed by atoms with van der Waals surface area (Å²) in [4.78, 5) is 18.6. The molecule has 0 aliphatic heterocycles.